The second-order valence-electron chi connectivity index (χ2n) is 4.87. The van der Waals surface area contributed by atoms with Gasteiger partial charge in [0, 0.05) is 0 Å². The van der Waals surface area contributed by atoms with Crippen LogP contribution in [0.2, 0.25) is 0 Å². The number of rotatable bonds is 7. The van der Waals surface area contributed by atoms with Crippen LogP contribution < -0.4 is 10.1 Å². The summed E-state index contributed by atoms with van der Waals surface area (Å²) in [6.45, 7) is -0.283. The lowest BCUT2D eigenvalue weighted by molar-refractivity contribution is -0.137. The lowest BCUT2D eigenvalue weighted by Gasteiger charge is -2.17. The number of halogens is 1. The lowest BCUT2D eigenvalue weighted by atomic mass is 10.0. The van der Waals surface area contributed by atoms with Crippen molar-refractivity contribution in [1.82, 2.24) is 5.32 Å². The fourth-order valence-corrected chi connectivity index (χ4v) is 2.03. The van der Waals surface area contributed by atoms with E-state index in [9.17, 15) is 14.0 Å². The number of aliphatic carboxylic acids is 1. The smallest absolute Gasteiger partial charge is 0.305 e. The Morgan fingerprint density at radius 1 is 1.09 bits per heavy atom. The second-order valence-corrected chi connectivity index (χ2v) is 4.87. The molecular formula is C17H16FNO4. The van der Waals surface area contributed by atoms with E-state index in [0.29, 0.717) is 11.3 Å². The van der Waals surface area contributed by atoms with Crippen molar-refractivity contribution in [2.75, 3.05) is 6.61 Å². The van der Waals surface area contributed by atoms with Crippen molar-refractivity contribution in [3.63, 3.8) is 0 Å². The van der Waals surface area contributed by atoms with E-state index in [-0.39, 0.29) is 13.0 Å². The minimum atomic E-state index is -1.02. The van der Waals surface area contributed by atoms with Crippen LogP contribution in [0.5, 0.6) is 5.75 Å². The van der Waals surface area contributed by atoms with Crippen LogP contribution in [0.3, 0.4) is 0 Å². The molecule has 2 N–H and O–H groups in total. The fourth-order valence-electron chi connectivity index (χ4n) is 2.03. The Morgan fingerprint density at radius 3 is 2.35 bits per heavy atom. The number of amides is 1. The highest BCUT2D eigenvalue weighted by Crippen LogP contribution is 2.16. The summed E-state index contributed by atoms with van der Waals surface area (Å²) in [7, 11) is 0. The summed E-state index contributed by atoms with van der Waals surface area (Å²) >= 11 is 0. The van der Waals surface area contributed by atoms with Gasteiger partial charge in [-0.3, -0.25) is 9.59 Å². The molecule has 2 aromatic carbocycles. The molecule has 0 radical (unpaired) electrons. The second kappa shape index (κ2) is 7.93. The predicted octanol–water partition coefficient (Wildman–Crippen LogP) is 2.54. The number of carbonyl (C=O) groups excluding carboxylic acids is 1. The zero-order valence-electron chi connectivity index (χ0n) is 12.2. The summed E-state index contributed by atoms with van der Waals surface area (Å²) < 4.78 is 18.0. The molecule has 120 valence electrons. The Morgan fingerprint density at radius 2 is 1.74 bits per heavy atom. The van der Waals surface area contributed by atoms with E-state index < -0.39 is 23.7 Å². The van der Waals surface area contributed by atoms with Crippen molar-refractivity contribution in [2.24, 2.45) is 0 Å². The Kier molecular flexibility index (Phi) is 5.68. The summed E-state index contributed by atoms with van der Waals surface area (Å²) in [5, 5.41) is 11.6. The number of ether oxygens (including phenoxy) is 1. The van der Waals surface area contributed by atoms with Crippen molar-refractivity contribution in [2.45, 2.75) is 12.5 Å². The number of hydrogen-bond donors (Lipinski definition) is 2. The topological polar surface area (TPSA) is 75.6 Å². The van der Waals surface area contributed by atoms with E-state index in [2.05, 4.69) is 5.32 Å². The van der Waals surface area contributed by atoms with Crippen LogP contribution in [0.4, 0.5) is 4.39 Å². The predicted molar refractivity (Wildman–Crippen MR) is 81.5 cm³/mol. The first kappa shape index (κ1) is 16.5. The van der Waals surface area contributed by atoms with Crippen LogP contribution in [0.25, 0.3) is 0 Å². The molecule has 1 unspecified atom stereocenters. The standard InChI is InChI=1S/C17H16FNO4/c18-13-6-8-14(9-7-13)23-11-16(20)19-15(10-17(21)22)12-4-2-1-3-5-12/h1-9,15H,10-11H2,(H,19,20)(H,21,22). The molecule has 0 saturated heterocycles. The first-order chi connectivity index (χ1) is 11.0. The van der Waals surface area contributed by atoms with Gasteiger partial charge in [0.05, 0.1) is 12.5 Å². The maximum atomic E-state index is 12.8. The number of benzene rings is 2. The zero-order chi connectivity index (χ0) is 16.7. The Hall–Kier alpha value is -2.89. The minimum Gasteiger partial charge on any atom is -0.484 e. The molecule has 2 aromatic rings. The molecule has 0 aliphatic heterocycles. The third-order valence-corrected chi connectivity index (χ3v) is 3.10. The molecule has 1 amide bonds. The van der Waals surface area contributed by atoms with Crippen molar-refractivity contribution in [3.05, 3.63) is 66.0 Å². The van der Waals surface area contributed by atoms with Gasteiger partial charge < -0.3 is 15.2 Å². The average Bonchev–Trinajstić information content (AvgIpc) is 2.54. The molecule has 23 heavy (non-hydrogen) atoms. The van der Waals surface area contributed by atoms with Crippen molar-refractivity contribution < 1.29 is 23.8 Å². The van der Waals surface area contributed by atoms with Crippen LogP contribution in [-0.4, -0.2) is 23.6 Å². The normalized spacial score (nSPS) is 11.5. The molecule has 0 spiro atoms. The third-order valence-electron chi connectivity index (χ3n) is 3.10. The Balaban J connectivity index is 1.94. The van der Waals surface area contributed by atoms with Gasteiger partial charge in [0.25, 0.3) is 5.91 Å². The van der Waals surface area contributed by atoms with Gasteiger partial charge in [-0.2, -0.15) is 0 Å². The average molecular weight is 317 g/mol. The maximum absolute atomic E-state index is 12.8. The van der Waals surface area contributed by atoms with E-state index >= 15 is 0 Å². The monoisotopic (exact) mass is 317 g/mol. The van der Waals surface area contributed by atoms with Crippen LogP contribution in [-0.2, 0) is 9.59 Å². The highest BCUT2D eigenvalue weighted by molar-refractivity contribution is 5.79. The molecular weight excluding hydrogens is 301 g/mol. The third kappa shape index (κ3) is 5.43. The van der Waals surface area contributed by atoms with Crippen LogP contribution >= 0.6 is 0 Å². The quantitative estimate of drug-likeness (QED) is 0.823. The summed E-state index contributed by atoms with van der Waals surface area (Å²) in [6, 6.07) is 13.5. The number of carboxylic acids is 1. The SMILES string of the molecule is O=C(O)CC(NC(=O)COc1ccc(F)cc1)c1ccccc1. The highest BCUT2D eigenvalue weighted by atomic mass is 19.1. The van der Waals surface area contributed by atoms with Gasteiger partial charge in [-0.25, -0.2) is 4.39 Å². The van der Waals surface area contributed by atoms with Crippen LogP contribution in [0.1, 0.15) is 18.0 Å². The molecule has 6 heteroatoms. The fraction of sp³-hybridized carbons (Fsp3) is 0.176. The van der Waals surface area contributed by atoms with E-state index in [1.54, 1.807) is 30.3 Å². The first-order valence-electron chi connectivity index (χ1n) is 6.99. The van der Waals surface area contributed by atoms with Gasteiger partial charge in [0.15, 0.2) is 6.61 Å². The van der Waals surface area contributed by atoms with Crippen molar-refractivity contribution in [1.29, 1.82) is 0 Å². The number of hydrogen-bond acceptors (Lipinski definition) is 3. The van der Waals surface area contributed by atoms with E-state index in [0.717, 1.165) is 0 Å². The molecule has 0 aliphatic rings. The van der Waals surface area contributed by atoms with Gasteiger partial charge in [0.2, 0.25) is 0 Å². The molecule has 0 saturated carbocycles. The van der Waals surface area contributed by atoms with Gasteiger partial charge >= 0.3 is 5.97 Å². The van der Waals surface area contributed by atoms with E-state index in [1.807, 2.05) is 0 Å². The molecule has 1 atom stereocenters. The molecule has 0 bridgehead atoms. The van der Waals surface area contributed by atoms with E-state index in [1.165, 1.54) is 24.3 Å². The van der Waals surface area contributed by atoms with Crippen LogP contribution in [0, 0.1) is 5.82 Å². The first-order valence-corrected chi connectivity index (χ1v) is 6.99. The van der Waals surface area contributed by atoms with E-state index in [4.69, 9.17) is 9.84 Å². The molecule has 0 aromatic heterocycles. The number of nitrogens with one attached hydrogen (secondary N) is 1. The molecule has 2 rings (SSSR count). The van der Waals surface area contributed by atoms with Crippen molar-refractivity contribution >= 4 is 11.9 Å². The van der Waals surface area contributed by atoms with Crippen molar-refractivity contribution in [3.8, 4) is 5.75 Å². The van der Waals surface area contributed by atoms with Gasteiger partial charge in [0.1, 0.15) is 11.6 Å². The number of carbonyl (C=O) groups is 2. The Labute approximate surface area is 132 Å². The lowest BCUT2D eigenvalue weighted by Crippen LogP contribution is -2.33. The zero-order valence-corrected chi connectivity index (χ0v) is 12.2. The molecule has 0 aliphatic carbocycles. The molecule has 5 nitrogen and oxygen atoms in total. The summed E-state index contributed by atoms with van der Waals surface area (Å²) in [5.41, 5.74) is 0.699. The molecule has 0 heterocycles. The van der Waals surface area contributed by atoms with Gasteiger partial charge in [-0.05, 0) is 29.8 Å². The van der Waals surface area contributed by atoms with Crippen LogP contribution in [0.15, 0.2) is 54.6 Å². The minimum absolute atomic E-state index is 0.230. The summed E-state index contributed by atoms with van der Waals surface area (Å²) in [6.07, 6.45) is -0.230. The number of carboxylic acid groups (broad SMARTS) is 1. The summed E-state index contributed by atoms with van der Waals surface area (Å²) in [4.78, 5) is 22.9. The summed E-state index contributed by atoms with van der Waals surface area (Å²) in [5.74, 6) is -1.51. The largest absolute Gasteiger partial charge is 0.484 e. The van der Waals surface area contributed by atoms with Gasteiger partial charge in [-0.15, -0.1) is 0 Å². The molecule has 0 fully saturated rings. The van der Waals surface area contributed by atoms with Gasteiger partial charge in [-0.1, -0.05) is 30.3 Å². The maximum Gasteiger partial charge on any atom is 0.305 e. The highest BCUT2D eigenvalue weighted by Gasteiger charge is 2.18. The Bertz CT molecular complexity index is 658.